The van der Waals surface area contributed by atoms with Crippen molar-refractivity contribution in [3.05, 3.63) is 97.1 Å². The predicted molar refractivity (Wildman–Crippen MR) is 123 cm³/mol. The lowest BCUT2D eigenvalue weighted by atomic mass is 10.2. The molecule has 2 aliphatic heterocycles. The van der Waals surface area contributed by atoms with Crippen LogP contribution in [0.2, 0.25) is 0 Å². The maximum Gasteiger partial charge on any atom is 0.201 e. The fourth-order valence-corrected chi connectivity index (χ4v) is 7.99. The van der Waals surface area contributed by atoms with Crippen LogP contribution >= 0.6 is 7.14 Å². The van der Waals surface area contributed by atoms with Crippen molar-refractivity contribution in [1.29, 1.82) is 0 Å². The summed E-state index contributed by atoms with van der Waals surface area (Å²) in [4.78, 5) is 0. The first-order chi connectivity index (χ1) is 15.3. The summed E-state index contributed by atoms with van der Waals surface area (Å²) in [5.74, 6) is 2.48. The van der Waals surface area contributed by atoms with Crippen LogP contribution in [0.1, 0.15) is 0 Å². The van der Waals surface area contributed by atoms with Crippen LogP contribution in [0.3, 0.4) is 0 Å². The minimum absolute atomic E-state index is 0.593. The van der Waals surface area contributed by atoms with Crippen LogP contribution in [-0.4, -0.2) is 4.57 Å². The van der Waals surface area contributed by atoms with Crippen molar-refractivity contribution in [3.8, 4) is 28.7 Å². The van der Waals surface area contributed by atoms with Gasteiger partial charge >= 0.3 is 0 Å². The molecule has 4 aromatic carbocycles. The molecule has 2 aliphatic rings. The zero-order chi connectivity index (χ0) is 20.6. The van der Waals surface area contributed by atoms with E-state index in [9.17, 15) is 0 Å². The summed E-state index contributed by atoms with van der Waals surface area (Å²) in [7, 11) is -3.28. The molecule has 5 heteroatoms. The molecule has 0 bridgehead atoms. The molecule has 1 atom stereocenters. The van der Waals surface area contributed by atoms with Crippen LogP contribution in [-0.2, 0) is 4.57 Å². The molecule has 0 N–H and O–H groups in total. The number of para-hydroxylation sites is 3. The van der Waals surface area contributed by atoms with Crippen molar-refractivity contribution in [1.82, 2.24) is 4.57 Å². The van der Waals surface area contributed by atoms with Gasteiger partial charge < -0.3 is 18.6 Å². The molecule has 148 valence electrons. The molecule has 1 aromatic heterocycles. The minimum atomic E-state index is -3.28. The highest BCUT2D eigenvalue weighted by atomic mass is 31.2. The van der Waals surface area contributed by atoms with Crippen molar-refractivity contribution in [2.24, 2.45) is 0 Å². The van der Waals surface area contributed by atoms with E-state index in [-0.39, 0.29) is 0 Å². The molecule has 0 radical (unpaired) electrons. The third kappa shape index (κ3) is 2.08. The van der Waals surface area contributed by atoms with Crippen LogP contribution in [0.25, 0.3) is 16.6 Å². The van der Waals surface area contributed by atoms with Crippen molar-refractivity contribution < 1.29 is 14.0 Å². The summed E-state index contributed by atoms with van der Waals surface area (Å²) in [6.45, 7) is 0. The fourth-order valence-electron chi connectivity index (χ4n) is 4.77. The number of rotatable bonds is 1. The molecule has 4 nitrogen and oxygen atoms in total. The average molecular weight is 421 g/mol. The van der Waals surface area contributed by atoms with Crippen LogP contribution in [0.5, 0.6) is 23.0 Å². The molecule has 0 amide bonds. The van der Waals surface area contributed by atoms with Crippen LogP contribution < -0.4 is 25.5 Å². The molecule has 0 saturated carbocycles. The molecule has 7 rings (SSSR count). The number of aromatic nitrogens is 1. The normalized spacial score (nSPS) is 17.8. The number of nitrogens with zero attached hydrogens (tertiary/aromatic N) is 1. The molecule has 31 heavy (non-hydrogen) atoms. The largest absolute Gasteiger partial charge is 0.456 e. The van der Waals surface area contributed by atoms with Gasteiger partial charge in [-0.1, -0.05) is 48.5 Å². The summed E-state index contributed by atoms with van der Waals surface area (Å²) < 4.78 is 30.0. The lowest BCUT2D eigenvalue weighted by molar-refractivity contribution is 0.463. The Kier molecular flexibility index (Phi) is 3.23. The molecule has 0 fully saturated rings. The van der Waals surface area contributed by atoms with Gasteiger partial charge in [-0.2, -0.15) is 0 Å². The van der Waals surface area contributed by atoms with E-state index in [1.165, 1.54) is 0 Å². The van der Waals surface area contributed by atoms with Crippen LogP contribution in [0.4, 0.5) is 0 Å². The van der Waals surface area contributed by atoms with Crippen molar-refractivity contribution in [2.45, 2.75) is 0 Å². The maximum atomic E-state index is 15.3. The molecule has 5 aromatic rings. The zero-order valence-corrected chi connectivity index (χ0v) is 17.3. The lowest BCUT2D eigenvalue weighted by Gasteiger charge is -2.34. The van der Waals surface area contributed by atoms with Gasteiger partial charge in [0.25, 0.3) is 0 Å². The Morgan fingerprint density at radius 2 is 1.32 bits per heavy atom. The number of ether oxygens (including phenoxy) is 2. The highest BCUT2D eigenvalue weighted by Crippen LogP contribution is 2.60. The van der Waals surface area contributed by atoms with E-state index in [1.807, 2.05) is 97.1 Å². The Morgan fingerprint density at radius 1 is 0.645 bits per heavy atom. The first kappa shape index (κ1) is 17.0. The summed E-state index contributed by atoms with van der Waals surface area (Å²) in [5, 5.41) is 2.29. The number of fused-ring (bicyclic) bond motifs is 6. The van der Waals surface area contributed by atoms with Crippen LogP contribution in [0, 0.1) is 0 Å². The number of hydrogen-bond acceptors (Lipinski definition) is 3. The molecular weight excluding hydrogens is 405 g/mol. The Morgan fingerprint density at radius 3 is 2.19 bits per heavy atom. The second-order valence-electron chi connectivity index (χ2n) is 7.72. The second-order valence-corrected chi connectivity index (χ2v) is 10.3. The van der Waals surface area contributed by atoms with Gasteiger partial charge in [-0.25, -0.2) is 0 Å². The number of hydrogen-bond donors (Lipinski definition) is 0. The SMILES string of the molecule is O=P12c3ccccc3Oc3cccc(c31)Oc1c2n(-c2ccccc2)c2ccccc12. The van der Waals surface area contributed by atoms with E-state index in [4.69, 9.17) is 9.47 Å². The van der Waals surface area contributed by atoms with Crippen LogP contribution in [0.15, 0.2) is 97.1 Å². The van der Waals surface area contributed by atoms with Crippen molar-refractivity contribution in [3.63, 3.8) is 0 Å². The maximum absolute atomic E-state index is 15.3. The molecule has 1 unspecified atom stereocenters. The van der Waals surface area contributed by atoms with E-state index in [1.54, 1.807) is 0 Å². The highest BCUT2D eigenvalue weighted by Gasteiger charge is 2.49. The molecule has 0 aliphatic carbocycles. The Labute approximate surface area is 178 Å². The first-order valence-electron chi connectivity index (χ1n) is 10.2. The second kappa shape index (κ2) is 5.90. The smallest absolute Gasteiger partial charge is 0.201 e. The van der Waals surface area contributed by atoms with Gasteiger partial charge in [0.1, 0.15) is 28.0 Å². The van der Waals surface area contributed by atoms with Crippen molar-refractivity contribution in [2.75, 3.05) is 0 Å². The van der Waals surface area contributed by atoms with Gasteiger partial charge in [0.05, 0.1) is 10.8 Å². The average Bonchev–Trinajstić information content (AvgIpc) is 3.15. The van der Waals surface area contributed by atoms with Gasteiger partial charge in [-0.3, -0.25) is 0 Å². The topological polar surface area (TPSA) is 40.5 Å². The Balaban J connectivity index is 1.71. The Bertz CT molecular complexity index is 1570. The molecule has 0 spiro atoms. The monoisotopic (exact) mass is 421 g/mol. The molecule has 3 heterocycles. The third-order valence-electron chi connectivity index (χ3n) is 6.03. The Hall–Kier alpha value is -3.75. The predicted octanol–water partition coefficient (Wildman–Crippen LogP) is 5.48. The first-order valence-corrected chi connectivity index (χ1v) is 11.9. The summed E-state index contributed by atoms with van der Waals surface area (Å²) in [5.41, 5.74) is 2.60. The highest BCUT2D eigenvalue weighted by molar-refractivity contribution is 7.86. The van der Waals surface area contributed by atoms with E-state index >= 15 is 4.57 Å². The standard InChI is InChI=1S/C26H16NO3P/c28-31-23-16-7-6-13-20(23)29-21-14-8-15-22(25(21)31)30-24-18-11-4-5-12-19(18)27(26(24)31)17-9-2-1-3-10-17/h1-16H. The molecule has 0 saturated heterocycles. The zero-order valence-electron chi connectivity index (χ0n) is 16.4. The van der Waals surface area contributed by atoms with E-state index in [0.717, 1.165) is 16.6 Å². The van der Waals surface area contributed by atoms with Gasteiger partial charge in [-0.05, 0) is 48.5 Å². The van der Waals surface area contributed by atoms with E-state index in [0.29, 0.717) is 39.0 Å². The van der Waals surface area contributed by atoms with Crippen molar-refractivity contribution >= 4 is 34.1 Å². The summed E-state index contributed by atoms with van der Waals surface area (Å²) in [6, 6.07) is 31.4. The van der Waals surface area contributed by atoms with Gasteiger partial charge in [-0.15, -0.1) is 0 Å². The third-order valence-corrected chi connectivity index (χ3v) is 9.15. The van der Waals surface area contributed by atoms with Gasteiger partial charge in [0.15, 0.2) is 5.75 Å². The van der Waals surface area contributed by atoms with Gasteiger partial charge in [0, 0.05) is 11.1 Å². The lowest BCUT2D eigenvalue weighted by Crippen LogP contribution is -2.37. The molecular formula is C26H16NO3P. The fraction of sp³-hybridized carbons (Fsp3) is 0. The quantitative estimate of drug-likeness (QED) is 0.330. The summed E-state index contributed by atoms with van der Waals surface area (Å²) >= 11 is 0. The minimum Gasteiger partial charge on any atom is -0.456 e. The summed E-state index contributed by atoms with van der Waals surface area (Å²) in [6.07, 6.45) is 0. The van der Waals surface area contributed by atoms with E-state index < -0.39 is 7.14 Å². The number of benzene rings is 4. The van der Waals surface area contributed by atoms with Gasteiger partial charge in [0.2, 0.25) is 7.14 Å². The van der Waals surface area contributed by atoms with E-state index in [2.05, 4.69) is 4.57 Å².